The van der Waals surface area contributed by atoms with E-state index in [0.29, 0.717) is 47.9 Å². The first-order valence-electron chi connectivity index (χ1n) is 9.79. The van der Waals surface area contributed by atoms with E-state index in [-0.39, 0.29) is 5.91 Å². The van der Waals surface area contributed by atoms with Crippen LogP contribution in [0.4, 0.5) is 0 Å². The lowest BCUT2D eigenvalue weighted by Gasteiger charge is -2.30. The third-order valence-electron chi connectivity index (χ3n) is 5.38. The van der Waals surface area contributed by atoms with Gasteiger partial charge in [0.15, 0.2) is 0 Å². The standard InChI is InChI=1S/C22H22ClN3O4/c1-14-4-3-5-17(12-14)26-21(28)18-7-6-16(23)13-19(18)25(22(26)29)15(2)20(27)24-8-10-30-11-9-24/h3-7,12-13,15H,8-11H2,1-2H3/t15-/m0/s1. The summed E-state index contributed by atoms with van der Waals surface area (Å²) >= 11 is 6.17. The van der Waals surface area contributed by atoms with Gasteiger partial charge >= 0.3 is 5.69 Å². The second-order valence-electron chi connectivity index (χ2n) is 7.41. The van der Waals surface area contributed by atoms with Crippen molar-refractivity contribution < 1.29 is 9.53 Å². The van der Waals surface area contributed by atoms with Crippen molar-refractivity contribution in [2.75, 3.05) is 26.3 Å². The Kier molecular flexibility index (Phi) is 5.49. The molecule has 30 heavy (non-hydrogen) atoms. The van der Waals surface area contributed by atoms with E-state index in [9.17, 15) is 14.4 Å². The van der Waals surface area contributed by atoms with Crippen LogP contribution in [-0.4, -0.2) is 46.2 Å². The van der Waals surface area contributed by atoms with Crippen LogP contribution >= 0.6 is 11.6 Å². The second kappa shape index (κ2) is 8.08. The van der Waals surface area contributed by atoms with Gasteiger partial charge in [-0.2, -0.15) is 0 Å². The highest BCUT2D eigenvalue weighted by Crippen LogP contribution is 2.21. The summed E-state index contributed by atoms with van der Waals surface area (Å²) < 4.78 is 7.80. The molecule has 2 heterocycles. The number of morpholine rings is 1. The van der Waals surface area contributed by atoms with Crippen LogP contribution in [-0.2, 0) is 9.53 Å². The Hall–Kier alpha value is -2.90. The fourth-order valence-corrected chi connectivity index (χ4v) is 4.00. The highest BCUT2D eigenvalue weighted by atomic mass is 35.5. The van der Waals surface area contributed by atoms with Crippen molar-refractivity contribution in [1.82, 2.24) is 14.0 Å². The molecule has 0 spiro atoms. The van der Waals surface area contributed by atoms with Gasteiger partial charge in [0.1, 0.15) is 6.04 Å². The highest BCUT2D eigenvalue weighted by molar-refractivity contribution is 6.31. The average molecular weight is 428 g/mol. The molecule has 0 saturated carbocycles. The molecule has 156 valence electrons. The monoisotopic (exact) mass is 427 g/mol. The molecule has 7 nitrogen and oxygen atoms in total. The smallest absolute Gasteiger partial charge is 0.336 e. The molecule has 3 aromatic rings. The Labute approximate surface area is 178 Å². The maximum Gasteiger partial charge on any atom is 0.336 e. The molecule has 0 radical (unpaired) electrons. The molecule has 8 heteroatoms. The van der Waals surface area contributed by atoms with Gasteiger partial charge in [-0.1, -0.05) is 23.7 Å². The van der Waals surface area contributed by atoms with Crippen molar-refractivity contribution in [3.8, 4) is 5.69 Å². The van der Waals surface area contributed by atoms with Crippen LogP contribution in [0, 0.1) is 6.92 Å². The van der Waals surface area contributed by atoms with E-state index >= 15 is 0 Å². The van der Waals surface area contributed by atoms with Gasteiger partial charge in [0.05, 0.1) is 29.8 Å². The third kappa shape index (κ3) is 3.55. The quantitative estimate of drug-likeness (QED) is 0.643. The largest absolute Gasteiger partial charge is 0.378 e. The summed E-state index contributed by atoms with van der Waals surface area (Å²) in [4.78, 5) is 41.6. The summed E-state index contributed by atoms with van der Waals surface area (Å²) in [7, 11) is 0. The van der Waals surface area contributed by atoms with Crippen molar-refractivity contribution in [2.45, 2.75) is 19.9 Å². The SMILES string of the molecule is Cc1cccc(-n2c(=O)c3ccc(Cl)cc3n([C@@H](C)C(=O)N3CCOCC3)c2=O)c1. The van der Waals surface area contributed by atoms with Crippen molar-refractivity contribution in [2.24, 2.45) is 0 Å². The molecule has 1 fully saturated rings. The van der Waals surface area contributed by atoms with Crippen molar-refractivity contribution >= 4 is 28.4 Å². The minimum absolute atomic E-state index is 0.198. The van der Waals surface area contributed by atoms with Crippen LogP contribution in [0.1, 0.15) is 18.5 Å². The summed E-state index contributed by atoms with van der Waals surface area (Å²) in [5.74, 6) is -0.198. The summed E-state index contributed by atoms with van der Waals surface area (Å²) in [6.45, 7) is 5.41. The number of hydrogen-bond acceptors (Lipinski definition) is 4. The number of benzene rings is 2. The van der Waals surface area contributed by atoms with Gasteiger partial charge in [-0.15, -0.1) is 0 Å². The lowest BCUT2D eigenvalue weighted by Crippen LogP contribution is -2.47. The number of hydrogen-bond donors (Lipinski definition) is 0. The Morgan fingerprint density at radius 3 is 2.53 bits per heavy atom. The predicted molar refractivity (Wildman–Crippen MR) is 116 cm³/mol. The maximum absolute atomic E-state index is 13.5. The summed E-state index contributed by atoms with van der Waals surface area (Å²) in [6, 6.07) is 11.1. The zero-order valence-electron chi connectivity index (χ0n) is 16.8. The summed E-state index contributed by atoms with van der Waals surface area (Å²) in [5.41, 5.74) is 0.699. The number of nitrogens with zero attached hydrogens (tertiary/aromatic N) is 3. The number of halogens is 1. The first kappa shape index (κ1) is 20.4. The third-order valence-corrected chi connectivity index (χ3v) is 5.61. The van der Waals surface area contributed by atoms with Crippen LogP contribution in [0.25, 0.3) is 16.6 Å². The number of fused-ring (bicyclic) bond motifs is 1. The molecule has 1 aliphatic heterocycles. The van der Waals surface area contributed by atoms with Crippen LogP contribution in [0.5, 0.6) is 0 Å². The fraction of sp³-hybridized carbons (Fsp3) is 0.318. The molecule has 1 aliphatic rings. The maximum atomic E-state index is 13.5. The van der Waals surface area contributed by atoms with E-state index < -0.39 is 17.3 Å². The van der Waals surface area contributed by atoms with E-state index in [1.165, 1.54) is 4.57 Å². The molecule has 4 rings (SSSR count). The minimum atomic E-state index is -0.812. The number of carbonyl (C=O) groups excluding carboxylic acids is 1. The number of aromatic nitrogens is 2. The molecular formula is C22H22ClN3O4. The van der Waals surface area contributed by atoms with Crippen molar-refractivity contribution in [3.05, 3.63) is 73.9 Å². The van der Waals surface area contributed by atoms with Gasteiger partial charge in [-0.25, -0.2) is 9.36 Å². The second-order valence-corrected chi connectivity index (χ2v) is 7.84. The zero-order valence-corrected chi connectivity index (χ0v) is 17.6. The Bertz CT molecular complexity index is 1240. The number of rotatable bonds is 3. The van der Waals surface area contributed by atoms with Gasteiger partial charge in [-0.3, -0.25) is 14.2 Å². The molecular weight excluding hydrogens is 406 g/mol. The van der Waals surface area contributed by atoms with Gasteiger partial charge in [0.2, 0.25) is 5.91 Å². The fourth-order valence-electron chi connectivity index (χ4n) is 3.83. The van der Waals surface area contributed by atoms with E-state index in [0.717, 1.165) is 10.1 Å². The number of amides is 1. The van der Waals surface area contributed by atoms with Crippen LogP contribution in [0.3, 0.4) is 0 Å². The Balaban J connectivity index is 1.98. The average Bonchev–Trinajstić information content (AvgIpc) is 2.73. The van der Waals surface area contributed by atoms with Crippen LogP contribution in [0.15, 0.2) is 52.1 Å². The lowest BCUT2D eigenvalue weighted by atomic mass is 10.2. The molecule has 0 aliphatic carbocycles. The van der Waals surface area contributed by atoms with E-state index in [1.54, 1.807) is 48.2 Å². The van der Waals surface area contributed by atoms with Crippen LogP contribution in [0.2, 0.25) is 5.02 Å². The normalized spacial score (nSPS) is 15.4. The summed E-state index contributed by atoms with van der Waals surface area (Å²) in [5, 5.41) is 0.705. The molecule has 1 aromatic heterocycles. The van der Waals surface area contributed by atoms with Gasteiger partial charge < -0.3 is 9.64 Å². The lowest BCUT2D eigenvalue weighted by molar-refractivity contribution is -0.138. The summed E-state index contributed by atoms with van der Waals surface area (Å²) in [6.07, 6.45) is 0. The molecule has 0 bridgehead atoms. The van der Waals surface area contributed by atoms with Crippen molar-refractivity contribution in [3.63, 3.8) is 0 Å². The van der Waals surface area contributed by atoms with Crippen molar-refractivity contribution in [1.29, 1.82) is 0 Å². The Morgan fingerprint density at radius 2 is 1.83 bits per heavy atom. The van der Waals surface area contributed by atoms with Gasteiger partial charge in [-0.05, 0) is 49.7 Å². The minimum Gasteiger partial charge on any atom is -0.378 e. The van der Waals surface area contributed by atoms with Gasteiger partial charge in [0, 0.05) is 18.1 Å². The van der Waals surface area contributed by atoms with E-state index in [1.807, 2.05) is 13.0 Å². The number of aryl methyl sites for hydroxylation is 1. The zero-order chi connectivity index (χ0) is 21.4. The van der Waals surface area contributed by atoms with Crippen LogP contribution < -0.4 is 11.2 Å². The molecule has 2 aromatic carbocycles. The number of carbonyl (C=O) groups is 1. The number of ether oxygens (including phenoxy) is 1. The molecule has 1 amide bonds. The van der Waals surface area contributed by atoms with E-state index in [2.05, 4.69) is 0 Å². The van der Waals surface area contributed by atoms with E-state index in [4.69, 9.17) is 16.3 Å². The molecule has 0 N–H and O–H groups in total. The highest BCUT2D eigenvalue weighted by Gasteiger charge is 2.27. The van der Waals surface area contributed by atoms with Gasteiger partial charge in [0.25, 0.3) is 5.56 Å². The Morgan fingerprint density at radius 1 is 1.10 bits per heavy atom. The molecule has 0 unspecified atom stereocenters. The topological polar surface area (TPSA) is 73.5 Å². The first-order valence-corrected chi connectivity index (χ1v) is 10.2. The molecule has 1 saturated heterocycles. The predicted octanol–water partition coefficient (Wildman–Crippen LogP) is 2.53. The first-order chi connectivity index (χ1) is 14.4. The molecule has 1 atom stereocenters.